The first kappa shape index (κ1) is 21.2. The number of nitrogens with one attached hydrogen (secondary N) is 2. The number of ether oxygens (including phenoxy) is 1. The molecule has 0 fully saturated rings. The Morgan fingerprint density at radius 2 is 1.68 bits per heavy atom. The summed E-state index contributed by atoms with van der Waals surface area (Å²) in [5.41, 5.74) is 1.24. The lowest BCUT2D eigenvalue weighted by atomic mass is 10.2. The molecule has 0 heterocycles. The van der Waals surface area contributed by atoms with Crippen molar-refractivity contribution in [3.8, 4) is 5.75 Å². The van der Waals surface area contributed by atoms with E-state index in [0.29, 0.717) is 23.7 Å². The van der Waals surface area contributed by atoms with Crippen LogP contribution < -0.4 is 19.7 Å². The van der Waals surface area contributed by atoms with Crippen LogP contribution in [-0.4, -0.2) is 39.6 Å². The fraction of sp³-hybridized carbons (Fsp3) is 0.263. The first-order chi connectivity index (χ1) is 13.2. The zero-order valence-electron chi connectivity index (χ0n) is 15.9. The van der Waals surface area contributed by atoms with E-state index >= 15 is 0 Å². The van der Waals surface area contributed by atoms with Crippen molar-refractivity contribution >= 4 is 38.9 Å². The van der Waals surface area contributed by atoms with E-state index < -0.39 is 22.5 Å². The van der Waals surface area contributed by atoms with Gasteiger partial charge in [-0.15, -0.1) is 0 Å². The van der Waals surface area contributed by atoms with E-state index in [1.165, 1.54) is 6.92 Å². The average Bonchev–Trinajstić information content (AvgIpc) is 2.59. The Kier molecular flexibility index (Phi) is 7.00. The maximum Gasteiger partial charge on any atom is 0.245 e. The molecule has 8 nitrogen and oxygen atoms in total. The van der Waals surface area contributed by atoms with Gasteiger partial charge in [0.2, 0.25) is 21.8 Å². The predicted molar refractivity (Wildman–Crippen MR) is 109 cm³/mol. The Labute approximate surface area is 164 Å². The Morgan fingerprint density at radius 1 is 1.04 bits per heavy atom. The van der Waals surface area contributed by atoms with Gasteiger partial charge in [-0.25, -0.2) is 8.42 Å². The second-order valence-electron chi connectivity index (χ2n) is 5.98. The van der Waals surface area contributed by atoms with Crippen molar-refractivity contribution in [3.63, 3.8) is 0 Å². The summed E-state index contributed by atoms with van der Waals surface area (Å²) in [4.78, 5) is 23.7. The molecule has 0 saturated heterocycles. The van der Waals surface area contributed by atoms with Gasteiger partial charge in [0.25, 0.3) is 0 Å². The third kappa shape index (κ3) is 5.98. The number of hydrogen-bond acceptors (Lipinski definition) is 5. The monoisotopic (exact) mass is 405 g/mol. The number of carbonyl (C=O) groups excluding carboxylic acids is 2. The number of hydrogen-bond donors (Lipinski definition) is 2. The number of anilines is 3. The van der Waals surface area contributed by atoms with E-state index in [4.69, 9.17) is 4.74 Å². The van der Waals surface area contributed by atoms with Gasteiger partial charge in [0, 0.05) is 18.3 Å². The van der Waals surface area contributed by atoms with Crippen molar-refractivity contribution in [1.29, 1.82) is 0 Å². The van der Waals surface area contributed by atoms with Crippen LogP contribution in [0.2, 0.25) is 0 Å². The molecular formula is C19H23N3O5S. The number of carbonyl (C=O) groups is 2. The zero-order valence-corrected chi connectivity index (χ0v) is 16.7. The zero-order chi connectivity index (χ0) is 20.7. The largest absolute Gasteiger partial charge is 0.492 e. The molecule has 2 aromatic rings. The normalized spacial score (nSPS) is 10.8. The molecule has 2 amide bonds. The minimum Gasteiger partial charge on any atom is -0.492 e. The second-order valence-corrected chi connectivity index (χ2v) is 7.89. The molecule has 0 aliphatic rings. The van der Waals surface area contributed by atoms with Gasteiger partial charge in [-0.1, -0.05) is 18.2 Å². The molecule has 2 aromatic carbocycles. The molecule has 0 aromatic heterocycles. The lowest BCUT2D eigenvalue weighted by Gasteiger charge is -2.24. The third-order valence-electron chi connectivity index (χ3n) is 3.59. The number of nitrogens with zero attached hydrogens (tertiary/aromatic N) is 1. The predicted octanol–water partition coefficient (Wildman–Crippen LogP) is 2.45. The molecule has 0 radical (unpaired) electrons. The lowest BCUT2D eigenvalue weighted by molar-refractivity contribution is -0.115. The van der Waals surface area contributed by atoms with Crippen LogP contribution in [0, 0.1) is 0 Å². The maximum absolute atomic E-state index is 12.5. The van der Waals surface area contributed by atoms with E-state index in [0.717, 1.165) is 10.6 Å². The number of sulfonamides is 1. The third-order valence-corrected chi connectivity index (χ3v) is 4.71. The summed E-state index contributed by atoms with van der Waals surface area (Å²) in [6.07, 6.45) is 1.03. The summed E-state index contributed by atoms with van der Waals surface area (Å²) in [5.74, 6) is -0.396. The number of amides is 2. The van der Waals surface area contributed by atoms with Crippen molar-refractivity contribution < 1.29 is 22.7 Å². The van der Waals surface area contributed by atoms with Crippen LogP contribution in [0.15, 0.2) is 48.5 Å². The summed E-state index contributed by atoms with van der Waals surface area (Å²) >= 11 is 0. The average molecular weight is 405 g/mol. The van der Waals surface area contributed by atoms with Crippen LogP contribution in [0.1, 0.15) is 13.8 Å². The quantitative estimate of drug-likeness (QED) is 0.702. The Hall–Kier alpha value is -3.07. The maximum atomic E-state index is 12.5. The molecule has 2 rings (SSSR count). The molecule has 0 aliphatic heterocycles. The van der Waals surface area contributed by atoms with Crippen molar-refractivity contribution in [3.05, 3.63) is 48.5 Å². The van der Waals surface area contributed by atoms with Crippen LogP contribution >= 0.6 is 0 Å². The van der Waals surface area contributed by atoms with Crippen LogP contribution in [0.3, 0.4) is 0 Å². The standard InChI is InChI=1S/C19H23N3O5S/c1-4-27-18-11-6-5-10-17(18)22(28(3,25)26)13-19(24)21-16-9-7-8-15(12-16)20-14(2)23/h5-12H,4,13H2,1-3H3,(H,20,23)(H,21,24). The molecule has 0 unspecified atom stereocenters. The van der Waals surface area contributed by atoms with Crippen molar-refractivity contribution in [2.75, 3.05) is 34.3 Å². The Balaban J connectivity index is 2.22. The molecule has 150 valence electrons. The molecule has 0 atom stereocenters. The fourth-order valence-corrected chi connectivity index (χ4v) is 3.39. The van der Waals surface area contributed by atoms with Gasteiger partial charge >= 0.3 is 0 Å². The molecule has 0 aliphatic carbocycles. The topological polar surface area (TPSA) is 105 Å². The second kappa shape index (κ2) is 9.23. The highest BCUT2D eigenvalue weighted by molar-refractivity contribution is 7.92. The summed E-state index contributed by atoms with van der Waals surface area (Å²) in [5, 5.41) is 5.26. The fourth-order valence-electron chi connectivity index (χ4n) is 2.53. The Morgan fingerprint density at radius 3 is 2.29 bits per heavy atom. The van der Waals surface area contributed by atoms with Gasteiger partial charge in [0.1, 0.15) is 12.3 Å². The van der Waals surface area contributed by atoms with Crippen molar-refractivity contribution in [1.82, 2.24) is 0 Å². The summed E-state index contributed by atoms with van der Waals surface area (Å²) in [7, 11) is -3.73. The lowest BCUT2D eigenvalue weighted by Crippen LogP contribution is -2.37. The highest BCUT2D eigenvalue weighted by Gasteiger charge is 2.24. The summed E-state index contributed by atoms with van der Waals surface area (Å²) in [6.45, 7) is 3.10. The molecular weight excluding hydrogens is 382 g/mol. The highest BCUT2D eigenvalue weighted by Crippen LogP contribution is 2.29. The first-order valence-corrected chi connectivity index (χ1v) is 10.4. The van der Waals surface area contributed by atoms with E-state index in [-0.39, 0.29) is 11.6 Å². The van der Waals surface area contributed by atoms with E-state index in [9.17, 15) is 18.0 Å². The van der Waals surface area contributed by atoms with Gasteiger partial charge in [0.05, 0.1) is 18.6 Å². The van der Waals surface area contributed by atoms with Crippen LogP contribution in [-0.2, 0) is 19.6 Å². The van der Waals surface area contributed by atoms with Crippen LogP contribution in [0.25, 0.3) is 0 Å². The minimum atomic E-state index is -3.73. The molecule has 9 heteroatoms. The van der Waals surface area contributed by atoms with Gasteiger partial charge < -0.3 is 15.4 Å². The molecule has 0 bridgehead atoms. The summed E-state index contributed by atoms with van der Waals surface area (Å²) in [6, 6.07) is 13.2. The van der Waals surface area contributed by atoms with Gasteiger partial charge in [-0.3, -0.25) is 13.9 Å². The van der Waals surface area contributed by atoms with Gasteiger partial charge in [0.15, 0.2) is 0 Å². The molecule has 28 heavy (non-hydrogen) atoms. The SMILES string of the molecule is CCOc1ccccc1N(CC(=O)Nc1cccc(NC(C)=O)c1)S(C)(=O)=O. The van der Waals surface area contributed by atoms with E-state index in [2.05, 4.69) is 10.6 Å². The van der Waals surface area contributed by atoms with Crippen molar-refractivity contribution in [2.45, 2.75) is 13.8 Å². The Bertz CT molecular complexity index is 960. The number of rotatable bonds is 8. The van der Waals surface area contributed by atoms with Crippen LogP contribution in [0.4, 0.5) is 17.1 Å². The highest BCUT2D eigenvalue weighted by atomic mass is 32.2. The minimum absolute atomic E-state index is 0.237. The first-order valence-electron chi connectivity index (χ1n) is 8.57. The van der Waals surface area contributed by atoms with E-state index in [1.807, 2.05) is 0 Å². The molecule has 0 saturated carbocycles. The van der Waals surface area contributed by atoms with Gasteiger partial charge in [-0.2, -0.15) is 0 Å². The molecule has 0 spiro atoms. The number of benzene rings is 2. The van der Waals surface area contributed by atoms with Crippen LogP contribution in [0.5, 0.6) is 5.75 Å². The van der Waals surface area contributed by atoms with Gasteiger partial charge in [-0.05, 0) is 37.3 Å². The summed E-state index contributed by atoms with van der Waals surface area (Å²) < 4.78 is 31.1. The van der Waals surface area contributed by atoms with Crippen molar-refractivity contribution in [2.24, 2.45) is 0 Å². The smallest absolute Gasteiger partial charge is 0.245 e. The number of para-hydroxylation sites is 2. The molecule has 2 N–H and O–H groups in total. The van der Waals surface area contributed by atoms with E-state index in [1.54, 1.807) is 55.5 Å².